The Morgan fingerprint density at radius 1 is 1.14 bits per heavy atom. The van der Waals surface area contributed by atoms with Crippen LogP contribution in [0.5, 0.6) is 0 Å². The van der Waals surface area contributed by atoms with Crippen LogP contribution in [0, 0.1) is 5.41 Å². The number of hydrogen-bond donors (Lipinski definition) is 1. The van der Waals surface area contributed by atoms with Crippen LogP contribution in [-0.2, 0) is 4.74 Å². The van der Waals surface area contributed by atoms with Crippen LogP contribution in [0.1, 0.15) is 79.6 Å². The lowest BCUT2D eigenvalue weighted by molar-refractivity contribution is 0.0205. The zero-order valence-electron chi connectivity index (χ0n) is 19.3. The van der Waals surface area contributed by atoms with Gasteiger partial charge >= 0.3 is 6.09 Å². The summed E-state index contributed by atoms with van der Waals surface area (Å²) < 4.78 is 5.60. The summed E-state index contributed by atoms with van der Waals surface area (Å²) in [5, 5.41) is 8.94. The van der Waals surface area contributed by atoms with Crippen LogP contribution in [0.2, 0.25) is 0 Å². The third kappa shape index (κ3) is 7.97. The van der Waals surface area contributed by atoms with E-state index in [1.807, 2.05) is 44.4 Å². The fraction of sp³-hybridized carbons (Fsp3) is 0.826. The van der Waals surface area contributed by atoms with Crippen LogP contribution in [0.4, 0.5) is 4.79 Å². The van der Waals surface area contributed by atoms with E-state index in [0.29, 0.717) is 11.0 Å². The van der Waals surface area contributed by atoms with E-state index in [-0.39, 0.29) is 12.1 Å². The highest BCUT2D eigenvalue weighted by Gasteiger charge is 2.32. The summed E-state index contributed by atoms with van der Waals surface area (Å²) >= 11 is 1.92. The second kappa shape index (κ2) is 10.9. The molecule has 5 nitrogen and oxygen atoms in total. The topological polar surface area (TPSA) is 56.6 Å². The van der Waals surface area contributed by atoms with Gasteiger partial charge in [0.25, 0.3) is 0 Å². The Bertz CT molecular complexity index is 606. The molecule has 0 aromatic carbocycles. The van der Waals surface area contributed by atoms with Gasteiger partial charge in [-0.15, -0.1) is 11.8 Å². The van der Waals surface area contributed by atoms with Crippen molar-refractivity contribution in [2.45, 2.75) is 96.5 Å². The zero-order chi connectivity index (χ0) is 21.6. The summed E-state index contributed by atoms with van der Waals surface area (Å²) in [6.45, 7) is 12.3. The van der Waals surface area contributed by atoms with E-state index in [0.717, 1.165) is 32.5 Å². The molecule has 1 aliphatic carbocycles. The van der Waals surface area contributed by atoms with Gasteiger partial charge in [-0.1, -0.05) is 19.3 Å². The molecule has 1 atom stereocenters. The molecule has 29 heavy (non-hydrogen) atoms. The number of carbonyl (C=O) groups excluding carboxylic acids is 1. The van der Waals surface area contributed by atoms with E-state index in [9.17, 15) is 4.79 Å². The van der Waals surface area contributed by atoms with Gasteiger partial charge in [0.15, 0.2) is 0 Å². The van der Waals surface area contributed by atoms with Crippen LogP contribution in [0.25, 0.3) is 0 Å². The number of likely N-dealkylation sites (tertiary alicyclic amines) is 1. The maximum absolute atomic E-state index is 12.5. The van der Waals surface area contributed by atoms with E-state index in [2.05, 4.69) is 18.9 Å². The van der Waals surface area contributed by atoms with E-state index in [1.54, 1.807) is 0 Å². The lowest BCUT2D eigenvalue weighted by Gasteiger charge is -2.31. The molecular formula is C23H41N3O2S. The minimum atomic E-state index is -0.456. The quantitative estimate of drug-likeness (QED) is 0.534. The van der Waals surface area contributed by atoms with Crippen molar-refractivity contribution in [3.63, 3.8) is 0 Å². The molecule has 0 spiro atoms. The van der Waals surface area contributed by atoms with E-state index < -0.39 is 5.60 Å². The Morgan fingerprint density at radius 3 is 2.38 bits per heavy atom. The number of allylic oxidation sites excluding steroid dienone is 1. The largest absolute Gasteiger partial charge is 0.444 e. The molecule has 2 aliphatic rings. The average Bonchev–Trinajstić information content (AvgIpc) is 3.06. The smallest absolute Gasteiger partial charge is 0.410 e. The molecule has 1 amide bonds. The second-order valence-corrected chi connectivity index (χ2v) is 11.1. The molecule has 1 unspecified atom stereocenters. The van der Waals surface area contributed by atoms with Gasteiger partial charge in [0.05, 0.1) is 0 Å². The number of nitrogens with zero attached hydrogens (tertiary/aromatic N) is 2. The maximum Gasteiger partial charge on any atom is 0.410 e. The van der Waals surface area contributed by atoms with Gasteiger partial charge in [0.1, 0.15) is 5.60 Å². The molecule has 6 heteroatoms. The molecule has 0 bridgehead atoms. The number of nitrogens with one attached hydrogen (secondary N) is 1. The number of rotatable bonds is 7. The van der Waals surface area contributed by atoms with Crippen molar-refractivity contribution >= 4 is 23.6 Å². The first-order valence-corrected chi connectivity index (χ1v) is 12.0. The Balaban J connectivity index is 1.95. The van der Waals surface area contributed by atoms with Crippen LogP contribution < -0.4 is 0 Å². The number of thioether (sulfide) groups is 1. The SMILES string of the molecule is CC(=N)/C(SC1CCCCC1)=C(\C)CN(C)CC1CCCN1C(=O)OC(C)(C)C. The molecule has 0 aromatic heterocycles. The van der Waals surface area contributed by atoms with Crippen LogP contribution in [-0.4, -0.2) is 65.2 Å². The van der Waals surface area contributed by atoms with Gasteiger partial charge < -0.3 is 19.9 Å². The highest BCUT2D eigenvalue weighted by molar-refractivity contribution is 8.04. The van der Waals surface area contributed by atoms with Gasteiger partial charge in [-0.25, -0.2) is 4.79 Å². The minimum absolute atomic E-state index is 0.190. The third-order valence-electron chi connectivity index (χ3n) is 5.60. The summed E-state index contributed by atoms with van der Waals surface area (Å²) in [6.07, 6.45) is 8.43. The monoisotopic (exact) mass is 423 g/mol. The molecule has 1 heterocycles. The van der Waals surface area contributed by atoms with Gasteiger partial charge in [-0.05, 0) is 72.9 Å². The average molecular weight is 424 g/mol. The Hall–Kier alpha value is -1.01. The number of hydrogen-bond acceptors (Lipinski definition) is 5. The summed E-state index contributed by atoms with van der Waals surface area (Å²) in [6, 6.07) is 0.207. The molecule has 1 saturated heterocycles. The molecular weight excluding hydrogens is 382 g/mol. The van der Waals surface area contributed by atoms with Crippen LogP contribution >= 0.6 is 11.8 Å². The predicted molar refractivity (Wildman–Crippen MR) is 124 cm³/mol. The van der Waals surface area contributed by atoms with Crippen molar-refractivity contribution in [3.8, 4) is 0 Å². The van der Waals surface area contributed by atoms with E-state index in [4.69, 9.17) is 10.1 Å². The zero-order valence-corrected chi connectivity index (χ0v) is 20.2. The summed E-state index contributed by atoms with van der Waals surface area (Å²) in [5.74, 6) is 0. The van der Waals surface area contributed by atoms with E-state index >= 15 is 0 Å². The summed E-state index contributed by atoms with van der Waals surface area (Å²) in [7, 11) is 2.12. The summed E-state index contributed by atoms with van der Waals surface area (Å²) in [5.41, 5.74) is 1.50. The first-order valence-electron chi connectivity index (χ1n) is 11.2. The Morgan fingerprint density at radius 2 is 1.79 bits per heavy atom. The molecule has 1 aliphatic heterocycles. The summed E-state index contributed by atoms with van der Waals surface area (Å²) in [4.78, 5) is 17.9. The molecule has 166 valence electrons. The highest BCUT2D eigenvalue weighted by Crippen LogP contribution is 2.35. The maximum atomic E-state index is 12.5. The van der Waals surface area contributed by atoms with Crippen molar-refractivity contribution in [1.82, 2.24) is 9.80 Å². The van der Waals surface area contributed by atoms with Gasteiger partial charge in [-0.3, -0.25) is 0 Å². The molecule has 1 saturated carbocycles. The fourth-order valence-electron chi connectivity index (χ4n) is 4.35. The Labute approximate surface area is 182 Å². The number of amides is 1. The molecule has 2 fully saturated rings. The van der Waals surface area contributed by atoms with Crippen molar-refractivity contribution in [1.29, 1.82) is 5.41 Å². The molecule has 0 aromatic rings. The first kappa shape index (κ1) is 24.3. The van der Waals surface area contributed by atoms with E-state index in [1.165, 1.54) is 42.6 Å². The molecule has 1 N–H and O–H groups in total. The normalized spacial score (nSPS) is 22.0. The molecule has 0 radical (unpaired) electrons. The van der Waals surface area contributed by atoms with Gasteiger partial charge in [0.2, 0.25) is 0 Å². The van der Waals surface area contributed by atoms with Gasteiger partial charge in [-0.2, -0.15) is 0 Å². The second-order valence-electron chi connectivity index (χ2n) is 9.78. The minimum Gasteiger partial charge on any atom is -0.444 e. The third-order valence-corrected chi connectivity index (χ3v) is 7.29. The van der Waals surface area contributed by atoms with Crippen molar-refractivity contribution in [3.05, 3.63) is 10.5 Å². The highest BCUT2D eigenvalue weighted by atomic mass is 32.2. The van der Waals surface area contributed by atoms with Crippen molar-refractivity contribution in [2.75, 3.05) is 26.7 Å². The lowest BCUT2D eigenvalue weighted by atomic mass is 10.0. The number of likely N-dealkylation sites (N-methyl/N-ethyl adjacent to an activating group) is 1. The fourth-order valence-corrected chi connectivity index (χ4v) is 5.69. The van der Waals surface area contributed by atoms with Crippen molar-refractivity contribution < 1.29 is 9.53 Å². The predicted octanol–water partition coefficient (Wildman–Crippen LogP) is 5.70. The van der Waals surface area contributed by atoms with Crippen LogP contribution in [0.3, 0.4) is 0 Å². The van der Waals surface area contributed by atoms with Gasteiger partial charge in [0, 0.05) is 41.5 Å². The first-order chi connectivity index (χ1) is 13.6. The molecule has 2 rings (SSSR count). The number of carbonyl (C=O) groups is 1. The van der Waals surface area contributed by atoms with Crippen molar-refractivity contribution in [2.24, 2.45) is 0 Å². The number of ether oxygens (including phenoxy) is 1. The Kier molecular flexibility index (Phi) is 9.08. The standard InChI is InChI=1S/C23H41N3O2S/c1-17(21(18(2)24)29-20-12-8-7-9-13-20)15-25(6)16-19-11-10-14-26(19)22(27)28-23(3,4)5/h19-20,24H,7-16H2,1-6H3/b21-17-,24-18?. The van der Waals surface area contributed by atoms with Crippen LogP contribution in [0.15, 0.2) is 10.5 Å². The lowest BCUT2D eigenvalue weighted by Crippen LogP contribution is -2.44.